The largest absolute Gasteiger partial charge is 0.385 e. The summed E-state index contributed by atoms with van der Waals surface area (Å²) < 4.78 is 5.20. The predicted molar refractivity (Wildman–Crippen MR) is 107 cm³/mol. The van der Waals surface area contributed by atoms with Gasteiger partial charge in [0, 0.05) is 36.3 Å². The van der Waals surface area contributed by atoms with E-state index in [0.717, 1.165) is 5.56 Å². The number of anilines is 1. The Morgan fingerprint density at radius 1 is 1.29 bits per heavy atom. The molecule has 8 heteroatoms. The van der Waals surface area contributed by atoms with E-state index >= 15 is 0 Å². The lowest BCUT2D eigenvalue weighted by atomic mass is 10.0. The lowest BCUT2D eigenvalue weighted by Gasteiger charge is -2.20. The van der Waals surface area contributed by atoms with Crippen LogP contribution in [0.3, 0.4) is 0 Å². The van der Waals surface area contributed by atoms with Gasteiger partial charge in [0.25, 0.3) is 5.69 Å². The van der Waals surface area contributed by atoms with Gasteiger partial charge in [-0.05, 0) is 36.2 Å². The van der Waals surface area contributed by atoms with Crippen LogP contribution in [0.25, 0.3) is 10.9 Å². The molecule has 142 valence electrons. The van der Waals surface area contributed by atoms with E-state index in [1.165, 1.54) is 12.1 Å². The lowest BCUT2D eigenvalue weighted by molar-refractivity contribution is -0.384. The monoisotopic (exact) mass is 396 g/mol. The Balaban J connectivity index is 1.98. The molecule has 0 fully saturated rings. The Kier molecular flexibility index (Phi) is 6.04. The van der Waals surface area contributed by atoms with E-state index in [0.29, 0.717) is 40.3 Å². The molecule has 0 saturated carbocycles. The summed E-state index contributed by atoms with van der Waals surface area (Å²) in [5.74, 6) is 0.508. The molecule has 0 aliphatic carbocycles. The number of nitrogens with zero attached hydrogens (tertiary/aromatic N) is 3. The molecule has 1 atom stereocenters. The standard InChI is InChI=1S/C20H17ClN4O3/c1-28-9-8-18(13-2-4-15(21)5-3-13)23-20-10-14(12-22)17-11-16(25(26)27)6-7-19(17)24-20/h2-7,10-11,18H,8-9H2,1H3,(H,23,24). The number of fused-ring (bicyclic) bond motifs is 1. The van der Waals surface area contributed by atoms with Crippen molar-refractivity contribution in [1.29, 1.82) is 5.26 Å². The Hall–Kier alpha value is -3.21. The summed E-state index contributed by atoms with van der Waals surface area (Å²) in [6.45, 7) is 0.533. The molecule has 3 rings (SSSR count). The molecule has 1 unspecified atom stereocenters. The fraction of sp³-hybridized carbons (Fsp3) is 0.200. The summed E-state index contributed by atoms with van der Waals surface area (Å²) >= 11 is 5.98. The van der Waals surface area contributed by atoms with Gasteiger partial charge in [-0.2, -0.15) is 5.26 Å². The van der Waals surface area contributed by atoms with Crippen molar-refractivity contribution in [3.63, 3.8) is 0 Å². The molecule has 0 aliphatic rings. The highest BCUT2D eigenvalue weighted by molar-refractivity contribution is 6.30. The van der Waals surface area contributed by atoms with Crippen LogP contribution in [0.2, 0.25) is 5.02 Å². The number of methoxy groups -OCH3 is 1. The van der Waals surface area contributed by atoms with E-state index in [1.54, 1.807) is 19.2 Å². The average Bonchev–Trinajstić information content (AvgIpc) is 2.70. The van der Waals surface area contributed by atoms with E-state index in [1.807, 2.05) is 24.3 Å². The molecule has 0 aliphatic heterocycles. The van der Waals surface area contributed by atoms with Crippen molar-refractivity contribution in [2.45, 2.75) is 12.5 Å². The number of non-ortho nitro benzene ring substituents is 1. The minimum atomic E-state index is -0.492. The Morgan fingerprint density at radius 3 is 2.68 bits per heavy atom. The maximum Gasteiger partial charge on any atom is 0.270 e. The van der Waals surface area contributed by atoms with Gasteiger partial charge in [0.2, 0.25) is 0 Å². The molecule has 3 aromatic rings. The molecule has 0 bridgehead atoms. The van der Waals surface area contributed by atoms with Gasteiger partial charge >= 0.3 is 0 Å². The number of nitro benzene ring substituents is 1. The highest BCUT2D eigenvalue weighted by Gasteiger charge is 2.15. The van der Waals surface area contributed by atoms with Gasteiger partial charge in [0.1, 0.15) is 5.82 Å². The zero-order valence-corrected chi connectivity index (χ0v) is 15.8. The first-order chi connectivity index (χ1) is 13.5. The number of ether oxygens (including phenoxy) is 1. The van der Waals surface area contributed by atoms with Crippen LogP contribution in [0, 0.1) is 21.4 Å². The molecule has 0 spiro atoms. The maximum atomic E-state index is 11.0. The second-order valence-electron chi connectivity index (χ2n) is 6.16. The molecule has 1 N–H and O–H groups in total. The van der Waals surface area contributed by atoms with Crippen molar-refractivity contribution in [2.24, 2.45) is 0 Å². The molecular weight excluding hydrogens is 380 g/mol. The lowest BCUT2D eigenvalue weighted by Crippen LogP contribution is -2.14. The number of nitro groups is 1. The second-order valence-corrected chi connectivity index (χ2v) is 6.59. The van der Waals surface area contributed by atoms with Crippen LogP contribution in [0.4, 0.5) is 11.5 Å². The molecular formula is C20H17ClN4O3. The minimum absolute atomic E-state index is 0.0781. The van der Waals surface area contributed by atoms with Gasteiger partial charge in [0.05, 0.1) is 28.1 Å². The predicted octanol–water partition coefficient (Wildman–Crippen LogP) is 4.86. The van der Waals surface area contributed by atoms with Gasteiger partial charge in [-0.25, -0.2) is 4.98 Å². The first-order valence-electron chi connectivity index (χ1n) is 8.52. The van der Waals surface area contributed by atoms with Crippen molar-refractivity contribution in [3.05, 3.63) is 74.8 Å². The Labute approximate surface area is 166 Å². The number of hydrogen-bond acceptors (Lipinski definition) is 6. The Bertz CT molecular complexity index is 1050. The van der Waals surface area contributed by atoms with Gasteiger partial charge < -0.3 is 10.1 Å². The van der Waals surface area contributed by atoms with Crippen LogP contribution in [0.15, 0.2) is 48.5 Å². The topological polar surface area (TPSA) is 101 Å². The number of halogens is 1. The van der Waals surface area contributed by atoms with Crippen molar-refractivity contribution in [1.82, 2.24) is 4.98 Å². The summed E-state index contributed by atoms with van der Waals surface area (Å²) in [5, 5.41) is 24.9. The van der Waals surface area contributed by atoms with Crippen LogP contribution in [-0.4, -0.2) is 23.6 Å². The van der Waals surface area contributed by atoms with Crippen LogP contribution in [0.5, 0.6) is 0 Å². The fourth-order valence-electron chi connectivity index (χ4n) is 2.93. The zero-order chi connectivity index (χ0) is 20.1. The quantitative estimate of drug-likeness (QED) is 0.452. The number of pyridine rings is 1. The third-order valence-electron chi connectivity index (χ3n) is 4.33. The fourth-order valence-corrected chi connectivity index (χ4v) is 3.05. The van der Waals surface area contributed by atoms with Gasteiger partial charge in [0.15, 0.2) is 0 Å². The van der Waals surface area contributed by atoms with E-state index in [9.17, 15) is 15.4 Å². The van der Waals surface area contributed by atoms with Gasteiger partial charge in [-0.15, -0.1) is 0 Å². The molecule has 0 radical (unpaired) electrons. The first-order valence-corrected chi connectivity index (χ1v) is 8.90. The molecule has 0 saturated heterocycles. The number of hydrogen-bond donors (Lipinski definition) is 1. The summed E-state index contributed by atoms with van der Waals surface area (Å²) in [4.78, 5) is 15.0. The van der Waals surface area contributed by atoms with E-state index in [-0.39, 0.29) is 11.7 Å². The maximum absolute atomic E-state index is 11.0. The summed E-state index contributed by atoms with van der Waals surface area (Å²) in [6.07, 6.45) is 0.681. The first kappa shape index (κ1) is 19.5. The average molecular weight is 397 g/mol. The number of nitriles is 1. The number of aromatic nitrogens is 1. The molecule has 1 aromatic heterocycles. The molecule has 2 aromatic carbocycles. The molecule has 1 heterocycles. The highest BCUT2D eigenvalue weighted by Crippen LogP contribution is 2.28. The highest BCUT2D eigenvalue weighted by atomic mass is 35.5. The van der Waals surface area contributed by atoms with Gasteiger partial charge in [-0.1, -0.05) is 23.7 Å². The van der Waals surface area contributed by atoms with Crippen molar-refractivity contribution < 1.29 is 9.66 Å². The minimum Gasteiger partial charge on any atom is -0.385 e. The normalized spacial score (nSPS) is 11.8. The van der Waals surface area contributed by atoms with Crippen LogP contribution >= 0.6 is 11.6 Å². The summed E-state index contributed by atoms with van der Waals surface area (Å²) in [6, 6.07) is 15.3. The van der Waals surface area contributed by atoms with Crippen molar-refractivity contribution >= 4 is 34.0 Å². The third kappa shape index (κ3) is 4.36. The number of rotatable bonds is 7. The van der Waals surface area contributed by atoms with Crippen LogP contribution < -0.4 is 5.32 Å². The Morgan fingerprint density at radius 2 is 2.04 bits per heavy atom. The summed E-state index contributed by atoms with van der Waals surface area (Å²) in [5.41, 5.74) is 1.75. The molecule has 7 nitrogen and oxygen atoms in total. The second kappa shape index (κ2) is 8.65. The van der Waals surface area contributed by atoms with Crippen LogP contribution in [0.1, 0.15) is 23.6 Å². The van der Waals surface area contributed by atoms with Crippen molar-refractivity contribution in [3.8, 4) is 6.07 Å². The molecule has 28 heavy (non-hydrogen) atoms. The molecule has 0 amide bonds. The van der Waals surface area contributed by atoms with Crippen LogP contribution in [-0.2, 0) is 4.74 Å². The third-order valence-corrected chi connectivity index (χ3v) is 4.58. The number of benzene rings is 2. The van der Waals surface area contributed by atoms with Gasteiger partial charge in [-0.3, -0.25) is 10.1 Å². The van der Waals surface area contributed by atoms with E-state index in [4.69, 9.17) is 16.3 Å². The number of nitrogens with one attached hydrogen (secondary N) is 1. The zero-order valence-electron chi connectivity index (χ0n) is 15.1. The van der Waals surface area contributed by atoms with E-state index < -0.39 is 4.92 Å². The smallest absolute Gasteiger partial charge is 0.270 e. The van der Waals surface area contributed by atoms with Crippen molar-refractivity contribution in [2.75, 3.05) is 19.0 Å². The van der Waals surface area contributed by atoms with E-state index in [2.05, 4.69) is 16.4 Å². The summed E-state index contributed by atoms with van der Waals surface area (Å²) in [7, 11) is 1.63. The SMILES string of the molecule is COCCC(Nc1cc(C#N)c2cc([N+](=O)[O-])ccc2n1)c1ccc(Cl)cc1.